The number of H-pyrrole nitrogens is 1. The summed E-state index contributed by atoms with van der Waals surface area (Å²) in [4.78, 5) is 32.6. The van der Waals surface area contributed by atoms with Crippen LogP contribution in [0.3, 0.4) is 0 Å². The molecular formula is C22H23N5O2. The van der Waals surface area contributed by atoms with Gasteiger partial charge in [-0.2, -0.15) is 5.10 Å². The van der Waals surface area contributed by atoms with Gasteiger partial charge in [0.2, 0.25) is 11.3 Å². The van der Waals surface area contributed by atoms with Crippen molar-refractivity contribution in [2.45, 2.75) is 32.9 Å². The van der Waals surface area contributed by atoms with Gasteiger partial charge in [-0.15, -0.1) is 0 Å². The second-order valence-corrected chi connectivity index (χ2v) is 7.43. The van der Waals surface area contributed by atoms with Crippen LogP contribution in [0.2, 0.25) is 0 Å². The molecular weight excluding hydrogens is 366 g/mol. The third-order valence-electron chi connectivity index (χ3n) is 5.00. The Hall–Kier alpha value is -3.48. The SMILES string of the molecule is CC(C)[C@@H](NC(=O)CCn1ncc(=O)c2ccccc21)c1nc2ccccc2[nH]1. The number of aromatic amines is 1. The van der Waals surface area contributed by atoms with Gasteiger partial charge in [0, 0.05) is 11.8 Å². The average Bonchev–Trinajstić information content (AvgIpc) is 3.15. The van der Waals surface area contributed by atoms with E-state index >= 15 is 0 Å². The number of carbonyl (C=O) groups excluding carboxylic acids is 1. The molecule has 0 unspecified atom stereocenters. The lowest BCUT2D eigenvalue weighted by molar-refractivity contribution is -0.122. The molecule has 4 rings (SSSR count). The smallest absolute Gasteiger partial charge is 0.222 e. The summed E-state index contributed by atoms with van der Waals surface area (Å²) in [5.41, 5.74) is 2.44. The maximum absolute atomic E-state index is 12.7. The molecule has 1 amide bonds. The van der Waals surface area contributed by atoms with Crippen LogP contribution in [0.5, 0.6) is 0 Å². The Labute approximate surface area is 167 Å². The maximum atomic E-state index is 12.7. The molecule has 0 spiro atoms. The quantitative estimate of drug-likeness (QED) is 0.530. The molecule has 0 radical (unpaired) electrons. The average molecular weight is 389 g/mol. The number of aryl methyl sites for hydroxylation is 1. The topological polar surface area (TPSA) is 92.7 Å². The summed E-state index contributed by atoms with van der Waals surface area (Å²) in [5, 5.41) is 7.88. The Morgan fingerprint density at radius 2 is 1.90 bits per heavy atom. The van der Waals surface area contributed by atoms with E-state index in [1.165, 1.54) is 6.20 Å². The van der Waals surface area contributed by atoms with Gasteiger partial charge < -0.3 is 10.3 Å². The molecule has 0 bridgehead atoms. The number of nitrogens with one attached hydrogen (secondary N) is 2. The fraction of sp³-hybridized carbons (Fsp3) is 0.273. The first kappa shape index (κ1) is 18.9. The minimum absolute atomic E-state index is 0.0891. The van der Waals surface area contributed by atoms with Crippen LogP contribution in [0.4, 0.5) is 0 Å². The summed E-state index contributed by atoms with van der Waals surface area (Å²) in [7, 11) is 0. The van der Waals surface area contributed by atoms with Crippen LogP contribution in [0.25, 0.3) is 21.9 Å². The molecule has 29 heavy (non-hydrogen) atoms. The number of hydrogen-bond acceptors (Lipinski definition) is 4. The Bertz CT molecular complexity index is 1190. The standard InChI is InChI=1S/C22H23N5O2/c1-14(2)21(22-24-16-8-4-5-9-17(16)25-22)26-20(29)11-12-27-18-10-6-3-7-15(18)19(28)13-23-27/h3-10,13-14,21H,11-12H2,1-2H3,(H,24,25)(H,26,29)/t21-/m1/s1. The van der Waals surface area contributed by atoms with E-state index in [4.69, 9.17) is 0 Å². The van der Waals surface area contributed by atoms with E-state index < -0.39 is 0 Å². The van der Waals surface area contributed by atoms with Crippen molar-refractivity contribution in [1.82, 2.24) is 25.1 Å². The molecule has 2 heterocycles. The third-order valence-corrected chi connectivity index (χ3v) is 5.00. The lowest BCUT2D eigenvalue weighted by Gasteiger charge is -2.20. The van der Waals surface area contributed by atoms with Crippen molar-refractivity contribution in [3.8, 4) is 0 Å². The normalized spacial score (nSPS) is 12.5. The van der Waals surface area contributed by atoms with Gasteiger partial charge in [0.25, 0.3) is 0 Å². The molecule has 4 aromatic rings. The van der Waals surface area contributed by atoms with Crippen LogP contribution in [0, 0.1) is 5.92 Å². The predicted octanol–water partition coefficient (Wildman–Crippen LogP) is 3.18. The number of carbonyl (C=O) groups is 1. The largest absolute Gasteiger partial charge is 0.346 e. The first-order valence-electron chi connectivity index (χ1n) is 9.72. The van der Waals surface area contributed by atoms with Crippen LogP contribution >= 0.6 is 0 Å². The summed E-state index contributed by atoms with van der Waals surface area (Å²) < 4.78 is 1.70. The Balaban J connectivity index is 1.49. The van der Waals surface area contributed by atoms with Crippen LogP contribution in [-0.2, 0) is 11.3 Å². The Kier molecular flexibility index (Phi) is 5.12. The van der Waals surface area contributed by atoms with E-state index in [2.05, 4.69) is 34.2 Å². The summed E-state index contributed by atoms with van der Waals surface area (Å²) in [6.07, 6.45) is 1.55. The monoisotopic (exact) mass is 389 g/mol. The Morgan fingerprint density at radius 3 is 2.69 bits per heavy atom. The van der Waals surface area contributed by atoms with Crippen molar-refractivity contribution in [2.75, 3.05) is 0 Å². The zero-order valence-corrected chi connectivity index (χ0v) is 16.4. The molecule has 0 saturated carbocycles. The van der Waals surface area contributed by atoms with E-state index in [-0.39, 0.29) is 29.7 Å². The fourth-order valence-electron chi connectivity index (χ4n) is 3.46. The third kappa shape index (κ3) is 3.89. The fourth-order valence-corrected chi connectivity index (χ4v) is 3.46. The highest BCUT2D eigenvalue weighted by atomic mass is 16.1. The molecule has 7 heteroatoms. The van der Waals surface area contributed by atoms with Crippen molar-refractivity contribution in [1.29, 1.82) is 0 Å². The first-order chi connectivity index (χ1) is 14.0. The van der Waals surface area contributed by atoms with E-state index in [0.29, 0.717) is 11.9 Å². The van der Waals surface area contributed by atoms with Crippen molar-refractivity contribution >= 4 is 27.8 Å². The van der Waals surface area contributed by atoms with Gasteiger partial charge in [-0.05, 0) is 30.2 Å². The molecule has 0 aliphatic rings. The second kappa shape index (κ2) is 7.87. The van der Waals surface area contributed by atoms with Crippen LogP contribution in [0.15, 0.2) is 59.5 Å². The molecule has 1 atom stereocenters. The number of rotatable bonds is 6. The molecule has 0 aliphatic heterocycles. The Morgan fingerprint density at radius 1 is 1.14 bits per heavy atom. The number of nitrogens with zero attached hydrogens (tertiary/aromatic N) is 3. The van der Waals surface area contributed by atoms with Crippen LogP contribution < -0.4 is 10.7 Å². The zero-order valence-electron chi connectivity index (χ0n) is 16.4. The van der Waals surface area contributed by atoms with Gasteiger partial charge >= 0.3 is 0 Å². The predicted molar refractivity (Wildman–Crippen MR) is 112 cm³/mol. The number of fused-ring (bicyclic) bond motifs is 2. The van der Waals surface area contributed by atoms with Gasteiger partial charge in [-0.3, -0.25) is 14.3 Å². The van der Waals surface area contributed by atoms with Crippen molar-refractivity contribution < 1.29 is 4.79 Å². The van der Waals surface area contributed by atoms with E-state index in [1.807, 2.05) is 42.5 Å². The second-order valence-electron chi connectivity index (χ2n) is 7.43. The van der Waals surface area contributed by atoms with Gasteiger partial charge in [0.15, 0.2) is 0 Å². The molecule has 0 fully saturated rings. The lowest BCUT2D eigenvalue weighted by Crippen LogP contribution is -2.33. The lowest BCUT2D eigenvalue weighted by atomic mass is 10.0. The molecule has 0 saturated heterocycles. The van der Waals surface area contributed by atoms with Gasteiger partial charge in [0.05, 0.1) is 35.3 Å². The number of amides is 1. The highest BCUT2D eigenvalue weighted by Gasteiger charge is 2.21. The highest BCUT2D eigenvalue weighted by molar-refractivity contribution is 5.79. The van der Waals surface area contributed by atoms with Crippen molar-refractivity contribution in [3.63, 3.8) is 0 Å². The minimum Gasteiger partial charge on any atom is -0.346 e. The summed E-state index contributed by atoms with van der Waals surface area (Å²) in [6, 6.07) is 14.9. The summed E-state index contributed by atoms with van der Waals surface area (Å²) in [6.45, 7) is 4.49. The van der Waals surface area contributed by atoms with E-state index in [1.54, 1.807) is 10.7 Å². The number of para-hydroxylation sites is 3. The van der Waals surface area contributed by atoms with E-state index in [0.717, 1.165) is 22.4 Å². The first-order valence-corrected chi connectivity index (χ1v) is 9.72. The molecule has 148 valence electrons. The number of aromatic nitrogens is 4. The number of imidazole rings is 1. The highest BCUT2D eigenvalue weighted by Crippen LogP contribution is 2.22. The minimum atomic E-state index is -0.214. The molecule has 2 aromatic heterocycles. The van der Waals surface area contributed by atoms with Crippen LogP contribution in [0.1, 0.15) is 32.1 Å². The number of hydrogen-bond donors (Lipinski definition) is 2. The molecule has 7 nitrogen and oxygen atoms in total. The van der Waals surface area contributed by atoms with E-state index in [9.17, 15) is 9.59 Å². The van der Waals surface area contributed by atoms with Gasteiger partial charge in [0.1, 0.15) is 5.82 Å². The summed E-state index contributed by atoms with van der Waals surface area (Å²) in [5.74, 6) is 0.834. The van der Waals surface area contributed by atoms with Crippen LogP contribution in [-0.4, -0.2) is 25.7 Å². The van der Waals surface area contributed by atoms with Crippen molar-refractivity contribution in [2.24, 2.45) is 5.92 Å². The van der Waals surface area contributed by atoms with Gasteiger partial charge in [-0.1, -0.05) is 38.1 Å². The molecule has 0 aliphatic carbocycles. The maximum Gasteiger partial charge on any atom is 0.222 e. The number of benzene rings is 2. The van der Waals surface area contributed by atoms with Gasteiger partial charge in [-0.25, -0.2) is 4.98 Å². The zero-order chi connectivity index (χ0) is 20.4. The van der Waals surface area contributed by atoms with Crippen molar-refractivity contribution in [3.05, 3.63) is 70.8 Å². The molecule has 2 aromatic carbocycles. The molecule has 2 N–H and O–H groups in total. The summed E-state index contributed by atoms with van der Waals surface area (Å²) >= 11 is 0.